The number of hydrogen-bond donors (Lipinski definition) is 5. The molecule has 122 valence electrons. The molecule has 6 N–H and O–H groups in total. The highest BCUT2D eigenvalue weighted by molar-refractivity contribution is 5.76. The highest BCUT2D eigenvalue weighted by Crippen LogP contribution is 2.07. The highest BCUT2D eigenvalue weighted by Gasteiger charge is 2.18. The predicted molar refractivity (Wildman–Crippen MR) is 79.7 cm³/mol. The van der Waals surface area contributed by atoms with Crippen molar-refractivity contribution in [2.45, 2.75) is 25.4 Å². The molecule has 0 bridgehead atoms. The number of rotatable bonds is 7. The first-order valence-electron chi connectivity index (χ1n) is 6.69. The summed E-state index contributed by atoms with van der Waals surface area (Å²) in [5.41, 5.74) is 5.79. The molecule has 1 atom stereocenters. The second kappa shape index (κ2) is 6.83. The molecule has 0 aliphatic rings. The minimum atomic E-state index is -1.16. The predicted octanol–water partition coefficient (Wildman–Crippen LogP) is -0.692. The number of anilines is 1. The van der Waals surface area contributed by atoms with Gasteiger partial charge in [0.25, 0.3) is 5.56 Å². The van der Waals surface area contributed by atoms with Gasteiger partial charge in [0.05, 0.1) is 17.4 Å². The van der Waals surface area contributed by atoms with Gasteiger partial charge < -0.3 is 20.9 Å². The van der Waals surface area contributed by atoms with Crippen molar-refractivity contribution in [1.29, 1.82) is 0 Å². The fourth-order valence-electron chi connectivity index (χ4n) is 1.97. The minimum absolute atomic E-state index is 0.0311. The quantitative estimate of drug-likeness (QED) is 0.442. The number of carboxylic acid groups (broad SMARTS) is 2. The summed E-state index contributed by atoms with van der Waals surface area (Å²) in [6.07, 6.45) is 1.05. The summed E-state index contributed by atoms with van der Waals surface area (Å²) in [6, 6.07) is 0.432. The number of pyridine rings is 1. The van der Waals surface area contributed by atoms with Crippen molar-refractivity contribution >= 4 is 28.8 Å². The number of nitrogen functional groups attached to an aromatic ring is 1. The fraction of sp³-hybridized carbons (Fsp3) is 0.308. The molecule has 2 rings (SSSR count). The van der Waals surface area contributed by atoms with Gasteiger partial charge in [-0.15, -0.1) is 0 Å². The van der Waals surface area contributed by atoms with Crippen LogP contribution < -0.4 is 16.6 Å². The number of fused-ring (bicyclic) bond motifs is 1. The van der Waals surface area contributed by atoms with Crippen LogP contribution in [0.3, 0.4) is 0 Å². The lowest BCUT2D eigenvalue weighted by molar-refractivity contribution is -0.140. The third-order valence-corrected chi connectivity index (χ3v) is 3.09. The number of aromatic nitrogens is 3. The molecule has 2 aromatic rings. The van der Waals surface area contributed by atoms with E-state index in [1.165, 1.54) is 12.3 Å². The molecule has 0 saturated carbocycles. The number of aliphatic carboxylic acids is 2. The largest absolute Gasteiger partial charge is 0.481 e. The van der Waals surface area contributed by atoms with Gasteiger partial charge in [0.1, 0.15) is 11.9 Å². The van der Waals surface area contributed by atoms with Crippen LogP contribution in [0.25, 0.3) is 11.0 Å². The Morgan fingerprint density at radius 1 is 1.39 bits per heavy atom. The first kappa shape index (κ1) is 16.4. The Balaban J connectivity index is 2.13. The van der Waals surface area contributed by atoms with Crippen LogP contribution in [0.5, 0.6) is 0 Å². The molecular formula is C13H15N5O5. The van der Waals surface area contributed by atoms with E-state index in [9.17, 15) is 14.4 Å². The van der Waals surface area contributed by atoms with E-state index in [2.05, 4.69) is 20.3 Å². The van der Waals surface area contributed by atoms with Crippen molar-refractivity contribution in [2.75, 3.05) is 5.73 Å². The molecule has 0 aromatic carbocycles. The lowest BCUT2D eigenvalue weighted by atomic mass is 10.1. The maximum Gasteiger partial charge on any atom is 0.320 e. The highest BCUT2D eigenvalue weighted by atomic mass is 16.4. The Bertz CT molecular complexity index is 803. The number of nitrogens with one attached hydrogen (secondary N) is 2. The number of carboxylic acids is 2. The number of carbonyl (C=O) groups is 2. The summed E-state index contributed by atoms with van der Waals surface area (Å²) in [5, 5.41) is 20.3. The molecule has 2 aromatic heterocycles. The van der Waals surface area contributed by atoms with E-state index in [1.807, 2.05) is 0 Å². The number of hydrogen-bond acceptors (Lipinski definition) is 7. The van der Waals surface area contributed by atoms with E-state index in [1.54, 1.807) is 0 Å². The number of nitrogens with zero attached hydrogens (tertiary/aromatic N) is 2. The van der Waals surface area contributed by atoms with Crippen molar-refractivity contribution in [3.05, 3.63) is 28.3 Å². The molecule has 0 radical (unpaired) electrons. The third-order valence-electron chi connectivity index (χ3n) is 3.09. The summed E-state index contributed by atoms with van der Waals surface area (Å²) in [4.78, 5) is 43.9. The van der Waals surface area contributed by atoms with E-state index in [4.69, 9.17) is 15.9 Å². The van der Waals surface area contributed by atoms with Crippen LogP contribution >= 0.6 is 0 Å². The van der Waals surface area contributed by atoms with Crippen LogP contribution in [0.2, 0.25) is 0 Å². The molecule has 0 spiro atoms. The second-order valence-corrected chi connectivity index (χ2v) is 4.85. The zero-order valence-corrected chi connectivity index (χ0v) is 11.9. The Kier molecular flexibility index (Phi) is 4.86. The van der Waals surface area contributed by atoms with Gasteiger partial charge in [-0.3, -0.25) is 24.7 Å². The summed E-state index contributed by atoms with van der Waals surface area (Å²) in [6.45, 7) is 0.0311. The first-order chi connectivity index (χ1) is 10.9. The number of nitrogens with two attached hydrogens (primary N) is 1. The minimum Gasteiger partial charge on any atom is -0.481 e. The molecule has 0 amide bonds. The van der Waals surface area contributed by atoms with Crippen LogP contribution in [0, 0.1) is 0 Å². The summed E-state index contributed by atoms with van der Waals surface area (Å²) in [7, 11) is 0. The maximum atomic E-state index is 11.8. The van der Waals surface area contributed by atoms with Crippen molar-refractivity contribution in [3.8, 4) is 0 Å². The molecule has 10 heteroatoms. The van der Waals surface area contributed by atoms with Gasteiger partial charge in [0.2, 0.25) is 0 Å². The molecule has 1 unspecified atom stereocenters. The summed E-state index contributed by atoms with van der Waals surface area (Å²) in [5.74, 6) is -2.07. The Morgan fingerprint density at radius 3 is 2.78 bits per heavy atom. The van der Waals surface area contributed by atoms with Gasteiger partial charge in [-0.1, -0.05) is 0 Å². The molecule has 23 heavy (non-hydrogen) atoms. The standard InChI is InChI=1S/C13H15N5O5/c14-9-3-8-11(12(21)18-9)17-6(5-16-8)4-15-7(13(22)23)1-2-10(19)20/h3,5,7,15H,1-2,4H2,(H,19,20)(H,22,23)(H3,14,18,21). The van der Waals surface area contributed by atoms with Crippen LogP contribution in [-0.4, -0.2) is 43.1 Å². The second-order valence-electron chi connectivity index (χ2n) is 4.85. The molecule has 2 heterocycles. The van der Waals surface area contributed by atoms with E-state index in [0.717, 1.165) is 0 Å². The molecule has 10 nitrogen and oxygen atoms in total. The molecule has 0 fully saturated rings. The van der Waals surface area contributed by atoms with Gasteiger partial charge in [-0.2, -0.15) is 0 Å². The topological polar surface area (TPSA) is 171 Å². The third kappa shape index (κ3) is 4.23. The normalized spacial score (nSPS) is 12.2. The summed E-state index contributed by atoms with van der Waals surface area (Å²) < 4.78 is 0. The van der Waals surface area contributed by atoms with Crippen molar-refractivity contribution in [3.63, 3.8) is 0 Å². The maximum absolute atomic E-state index is 11.8. The fourth-order valence-corrected chi connectivity index (χ4v) is 1.97. The van der Waals surface area contributed by atoms with Gasteiger partial charge in [0.15, 0.2) is 5.52 Å². The van der Waals surface area contributed by atoms with Crippen LogP contribution in [0.4, 0.5) is 5.82 Å². The summed E-state index contributed by atoms with van der Waals surface area (Å²) >= 11 is 0. The van der Waals surface area contributed by atoms with E-state index in [0.29, 0.717) is 11.2 Å². The van der Waals surface area contributed by atoms with E-state index in [-0.39, 0.29) is 30.7 Å². The Morgan fingerprint density at radius 2 is 2.13 bits per heavy atom. The lowest BCUT2D eigenvalue weighted by Gasteiger charge is -2.13. The zero-order chi connectivity index (χ0) is 17.0. The van der Waals surface area contributed by atoms with Crippen LogP contribution in [-0.2, 0) is 16.1 Å². The number of aromatic amines is 1. The van der Waals surface area contributed by atoms with Crippen molar-refractivity contribution < 1.29 is 19.8 Å². The van der Waals surface area contributed by atoms with Crippen molar-refractivity contribution in [1.82, 2.24) is 20.3 Å². The Labute approximate surface area is 129 Å². The molecule has 0 aliphatic heterocycles. The van der Waals surface area contributed by atoms with Gasteiger partial charge in [-0.25, -0.2) is 4.98 Å². The van der Waals surface area contributed by atoms with E-state index >= 15 is 0 Å². The molecule has 0 saturated heterocycles. The van der Waals surface area contributed by atoms with Gasteiger partial charge in [0, 0.05) is 19.0 Å². The monoisotopic (exact) mass is 321 g/mol. The number of H-pyrrole nitrogens is 1. The molecule has 0 aliphatic carbocycles. The average molecular weight is 321 g/mol. The average Bonchev–Trinajstić information content (AvgIpc) is 2.46. The zero-order valence-electron chi connectivity index (χ0n) is 11.9. The van der Waals surface area contributed by atoms with Crippen LogP contribution in [0.15, 0.2) is 17.1 Å². The van der Waals surface area contributed by atoms with E-state index < -0.39 is 23.5 Å². The lowest BCUT2D eigenvalue weighted by Crippen LogP contribution is -2.36. The van der Waals surface area contributed by atoms with Gasteiger partial charge in [-0.05, 0) is 6.42 Å². The first-order valence-corrected chi connectivity index (χ1v) is 6.69. The van der Waals surface area contributed by atoms with Crippen LogP contribution in [0.1, 0.15) is 18.5 Å². The SMILES string of the molecule is Nc1cc2ncc(CNC(CCC(=O)O)C(=O)O)nc2c(=O)[nH]1. The van der Waals surface area contributed by atoms with Gasteiger partial charge >= 0.3 is 11.9 Å². The van der Waals surface area contributed by atoms with Crippen molar-refractivity contribution in [2.24, 2.45) is 0 Å². The smallest absolute Gasteiger partial charge is 0.320 e. The molecular weight excluding hydrogens is 306 g/mol. The Hall–Kier alpha value is -3.01.